The fraction of sp³-hybridized carbons (Fsp3) is 0.562. The van der Waals surface area contributed by atoms with E-state index in [1.54, 1.807) is 0 Å². The monoisotopic (exact) mass is 288 g/mol. The molecule has 5 heteroatoms. The van der Waals surface area contributed by atoms with Crippen molar-refractivity contribution in [2.45, 2.75) is 57.2 Å². The molecule has 1 saturated carbocycles. The zero-order chi connectivity index (χ0) is 15.5. The molecule has 4 nitrogen and oxygen atoms in total. The first-order valence-corrected chi connectivity index (χ1v) is 7.37. The van der Waals surface area contributed by atoms with Gasteiger partial charge in [0.05, 0.1) is 16.6 Å². The van der Waals surface area contributed by atoms with Gasteiger partial charge in [-0.05, 0) is 51.6 Å². The van der Waals surface area contributed by atoms with Gasteiger partial charge in [-0.1, -0.05) is 24.3 Å². The normalized spacial score (nSPS) is 24.9. The Morgan fingerprint density at radius 2 is 1.71 bits per heavy atom. The molecule has 112 valence electrons. The molecule has 1 aliphatic heterocycles. The maximum atomic E-state index is 11.5. The van der Waals surface area contributed by atoms with Crippen LogP contribution in [0.3, 0.4) is 0 Å². The molecular weight excluding hydrogens is 267 g/mol. The van der Waals surface area contributed by atoms with E-state index in [2.05, 4.69) is 0 Å². The van der Waals surface area contributed by atoms with Crippen LogP contribution >= 0.6 is 0 Å². The van der Waals surface area contributed by atoms with Crippen LogP contribution in [0.1, 0.15) is 46.1 Å². The van der Waals surface area contributed by atoms with E-state index in [1.165, 1.54) is 0 Å². The number of aliphatic carboxylic acids is 1. The van der Waals surface area contributed by atoms with Gasteiger partial charge in [-0.25, -0.2) is 0 Å². The number of rotatable bonds is 3. The summed E-state index contributed by atoms with van der Waals surface area (Å²) in [6.07, 6.45) is 1.41. The number of hydrogen-bond acceptors (Lipinski definition) is 3. The van der Waals surface area contributed by atoms with Crippen LogP contribution < -0.4 is 5.46 Å². The lowest BCUT2D eigenvalue weighted by Crippen LogP contribution is -2.41. The summed E-state index contributed by atoms with van der Waals surface area (Å²) in [5.74, 6) is -0.742. The molecule has 0 unspecified atom stereocenters. The molecule has 1 saturated heterocycles. The number of carboxylic acids is 1. The molecule has 1 N–H and O–H groups in total. The third-order valence-corrected chi connectivity index (χ3v) is 5.12. The number of carbonyl (C=O) groups is 1. The molecule has 0 spiro atoms. The molecule has 1 aromatic rings. The first-order chi connectivity index (χ1) is 9.68. The van der Waals surface area contributed by atoms with Gasteiger partial charge in [-0.15, -0.1) is 0 Å². The molecule has 2 fully saturated rings. The molecule has 0 aromatic heterocycles. The van der Waals surface area contributed by atoms with Crippen LogP contribution in [0.5, 0.6) is 0 Å². The molecule has 1 heterocycles. The smallest absolute Gasteiger partial charge is 0.481 e. The van der Waals surface area contributed by atoms with E-state index in [0.717, 1.165) is 11.0 Å². The molecule has 3 rings (SSSR count). The van der Waals surface area contributed by atoms with E-state index in [4.69, 9.17) is 9.31 Å². The topological polar surface area (TPSA) is 55.8 Å². The van der Waals surface area contributed by atoms with E-state index < -0.39 is 29.7 Å². The van der Waals surface area contributed by atoms with Crippen molar-refractivity contribution in [2.75, 3.05) is 0 Å². The summed E-state index contributed by atoms with van der Waals surface area (Å²) in [6.45, 7) is 8.04. The Morgan fingerprint density at radius 1 is 1.14 bits per heavy atom. The maximum absolute atomic E-state index is 11.5. The van der Waals surface area contributed by atoms with Gasteiger partial charge in [-0.3, -0.25) is 4.79 Å². The van der Waals surface area contributed by atoms with E-state index in [1.807, 2.05) is 52.0 Å². The lowest BCUT2D eigenvalue weighted by Gasteiger charge is -2.32. The van der Waals surface area contributed by atoms with Crippen molar-refractivity contribution in [1.82, 2.24) is 0 Å². The molecule has 0 bridgehead atoms. The molecule has 0 atom stereocenters. The summed E-state index contributed by atoms with van der Waals surface area (Å²) in [5.41, 5.74) is 0.260. The Labute approximate surface area is 125 Å². The van der Waals surface area contributed by atoms with Crippen molar-refractivity contribution in [2.24, 2.45) is 0 Å². The minimum atomic E-state index is -0.742. The number of hydrogen-bond donors (Lipinski definition) is 1. The molecule has 2 aliphatic rings. The lowest BCUT2D eigenvalue weighted by molar-refractivity contribution is -0.140. The van der Waals surface area contributed by atoms with Gasteiger partial charge in [0.2, 0.25) is 0 Å². The second-order valence-corrected chi connectivity index (χ2v) is 7.10. The Kier molecular flexibility index (Phi) is 3.02. The van der Waals surface area contributed by atoms with Crippen LogP contribution in [-0.2, 0) is 19.5 Å². The largest absolute Gasteiger partial charge is 0.494 e. The highest BCUT2D eigenvalue weighted by Crippen LogP contribution is 2.48. The predicted molar refractivity (Wildman–Crippen MR) is 80.7 cm³/mol. The van der Waals surface area contributed by atoms with Crippen LogP contribution in [0, 0.1) is 0 Å². The fourth-order valence-corrected chi connectivity index (χ4v) is 2.71. The van der Waals surface area contributed by atoms with Crippen molar-refractivity contribution in [3.05, 3.63) is 29.8 Å². The molecular formula is C16H21BO4. The van der Waals surface area contributed by atoms with Gasteiger partial charge in [-0.2, -0.15) is 0 Å². The molecule has 21 heavy (non-hydrogen) atoms. The quantitative estimate of drug-likeness (QED) is 0.865. The molecule has 0 amide bonds. The van der Waals surface area contributed by atoms with E-state index in [0.29, 0.717) is 12.8 Å². The molecule has 0 radical (unpaired) electrons. The van der Waals surface area contributed by atoms with Gasteiger partial charge in [0.25, 0.3) is 0 Å². The van der Waals surface area contributed by atoms with E-state index in [9.17, 15) is 9.90 Å². The summed E-state index contributed by atoms with van der Waals surface area (Å²) in [7, 11) is -0.445. The predicted octanol–water partition coefficient (Wildman–Crippen LogP) is 2.10. The Balaban J connectivity index is 1.91. The number of carboxylic acid groups (broad SMARTS) is 1. The minimum Gasteiger partial charge on any atom is -0.481 e. The highest BCUT2D eigenvalue weighted by atomic mass is 16.7. The summed E-state index contributed by atoms with van der Waals surface area (Å²) in [4.78, 5) is 11.5. The van der Waals surface area contributed by atoms with Crippen molar-refractivity contribution in [1.29, 1.82) is 0 Å². The van der Waals surface area contributed by atoms with Gasteiger partial charge in [0.15, 0.2) is 0 Å². The van der Waals surface area contributed by atoms with Crippen molar-refractivity contribution >= 4 is 18.6 Å². The summed E-state index contributed by atoms with van der Waals surface area (Å²) in [5, 5.41) is 9.42. The standard InChI is InChI=1S/C16H21BO4/c1-14(2)15(3,4)21-17(20-14)12-7-5-6-11(10-12)16(8-9-16)13(18)19/h5-7,10H,8-9H2,1-4H3,(H,18,19). The summed E-state index contributed by atoms with van der Waals surface area (Å²) in [6, 6.07) is 7.63. The van der Waals surface area contributed by atoms with Gasteiger partial charge < -0.3 is 14.4 Å². The summed E-state index contributed by atoms with van der Waals surface area (Å²) >= 11 is 0. The second-order valence-electron chi connectivity index (χ2n) is 7.10. The van der Waals surface area contributed by atoms with Crippen molar-refractivity contribution in [3.63, 3.8) is 0 Å². The van der Waals surface area contributed by atoms with Crippen LogP contribution in [0.4, 0.5) is 0 Å². The van der Waals surface area contributed by atoms with Crippen LogP contribution in [0.2, 0.25) is 0 Å². The van der Waals surface area contributed by atoms with Crippen molar-refractivity contribution in [3.8, 4) is 0 Å². The van der Waals surface area contributed by atoms with E-state index in [-0.39, 0.29) is 0 Å². The second kappa shape index (κ2) is 4.34. The SMILES string of the molecule is CC1(C)OB(c2cccc(C3(C(=O)O)CC3)c2)OC1(C)C. The van der Waals surface area contributed by atoms with Gasteiger partial charge in [0.1, 0.15) is 0 Å². The average molecular weight is 288 g/mol. The van der Waals surface area contributed by atoms with Crippen molar-refractivity contribution < 1.29 is 19.2 Å². The Morgan fingerprint density at radius 3 is 2.19 bits per heavy atom. The van der Waals surface area contributed by atoms with E-state index >= 15 is 0 Å². The third-order valence-electron chi connectivity index (χ3n) is 5.12. The minimum absolute atomic E-state index is 0.391. The molecule has 1 aromatic carbocycles. The summed E-state index contributed by atoms with van der Waals surface area (Å²) < 4.78 is 12.1. The zero-order valence-corrected chi connectivity index (χ0v) is 13.0. The average Bonchev–Trinajstić information content (AvgIpc) is 3.15. The zero-order valence-electron chi connectivity index (χ0n) is 13.0. The third kappa shape index (κ3) is 2.19. The van der Waals surface area contributed by atoms with Gasteiger partial charge >= 0.3 is 13.1 Å². The Bertz CT molecular complexity index is 574. The first-order valence-electron chi connectivity index (χ1n) is 7.37. The highest BCUT2D eigenvalue weighted by Gasteiger charge is 2.54. The molecule has 1 aliphatic carbocycles. The fourth-order valence-electron chi connectivity index (χ4n) is 2.71. The highest BCUT2D eigenvalue weighted by molar-refractivity contribution is 6.62. The van der Waals surface area contributed by atoms with Gasteiger partial charge in [0, 0.05) is 0 Å². The van der Waals surface area contributed by atoms with Crippen LogP contribution in [0.15, 0.2) is 24.3 Å². The first kappa shape index (κ1) is 14.6. The van der Waals surface area contributed by atoms with Crippen LogP contribution in [0.25, 0.3) is 0 Å². The lowest BCUT2D eigenvalue weighted by atomic mass is 9.77. The Hall–Kier alpha value is -1.33. The van der Waals surface area contributed by atoms with Crippen LogP contribution in [-0.4, -0.2) is 29.4 Å². The maximum Gasteiger partial charge on any atom is 0.494 e. The number of benzene rings is 1.